The second-order valence-electron chi connectivity index (χ2n) is 6.17. The maximum absolute atomic E-state index is 11.5. The van der Waals surface area contributed by atoms with Gasteiger partial charge in [0, 0.05) is 44.1 Å². The van der Waals surface area contributed by atoms with Gasteiger partial charge in [-0.2, -0.15) is 0 Å². The Bertz CT molecular complexity index is 784. The third kappa shape index (κ3) is 4.59. The molecule has 2 aromatic carbocycles. The summed E-state index contributed by atoms with van der Waals surface area (Å²) < 4.78 is 4.61. The van der Waals surface area contributed by atoms with E-state index in [2.05, 4.69) is 36.5 Å². The van der Waals surface area contributed by atoms with Crippen LogP contribution in [0.4, 0.5) is 0 Å². The van der Waals surface area contributed by atoms with Crippen molar-refractivity contribution in [3.8, 4) is 0 Å². The topological polar surface area (TPSA) is 50.1 Å². The Morgan fingerprint density at radius 1 is 1.21 bits per heavy atom. The molecular weight excluding hydrogens is 529 g/mol. The van der Waals surface area contributed by atoms with Crippen molar-refractivity contribution in [1.29, 1.82) is 0 Å². The van der Waals surface area contributed by atoms with Gasteiger partial charge in [0.1, 0.15) is 0 Å². The molecule has 123 valence electrons. The molecular formula is C19H22AcNO2Si-. The number of rotatable bonds is 5. The van der Waals surface area contributed by atoms with Crippen LogP contribution < -0.4 is 5.19 Å². The van der Waals surface area contributed by atoms with Gasteiger partial charge >= 0.3 is 5.97 Å². The van der Waals surface area contributed by atoms with E-state index in [0.717, 1.165) is 17.0 Å². The molecule has 0 spiro atoms. The molecule has 0 aliphatic rings. The summed E-state index contributed by atoms with van der Waals surface area (Å²) >= 11 is 0. The van der Waals surface area contributed by atoms with Gasteiger partial charge in [0.25, 0.3) is 0 Å². The number of fused-ring (bicyclic) bond motifs is 1. The molecule has 5 heteroatoms. The standard InChI is InChI=1S/C19H22NO2Si.Ac/c1-5-12-23(3,4)18-11-10-14(13-17(20)19(21)22-2)15-8-6-7-9-16(15)18;/h5-11,13,20H,1,12H2,2-4H3;/q-1;/b17-13-;. The number of benzene rings is 2. The molecule has 1 N–H and O–H groups in total. The van der Waals surface area contributed by atoms with E-state index >= 15 is 0 Å². The monoisotopic (exact) mass is 551 g/mol. The van der Waals surface area contributed by atoms with Crippen molar-refractivity contribution in [2.45, 2.75) is 19.1 Å². The molecule has 0 aliphatic carbocycles. The van der Waals surface area contributed by atoms with Gasteiger partial charge in [-0.3, -0.25) is 0 Å². The van der Waals surface area contributed by atoms with Crippen molar-refractivity contribution in [3.05, 3.63) is 66.0 Å². The molecule has 0 aromatic heterocycles. The van der Waals surface area contributed by atoms with Crippen LogP contribution in [0.1, 0.15) is 5.56 Å². The predicted octanol–water partition coefficient (Wildman–Crippen LogP) is 4.51. The first-order valence-corrected chi connectivity index (χ1v) is 10.8. The number of esters is 1. The van der Waals surface area contributed by atoms with E-state index in [1.165, 1.54) is 17.7 Å². The smallest absolute Gasteiger partial charge is 0.315 e. The molecule has 0 atom stereocenters. The summed E-state index contributed by atoms with van der Waals surface area (Å²) in [6, 6.07) is 13.3. The molecule has 1 radical (unpaired) electrons. The van der Waals surface area contributed by atoms with E-state index in [-0.39, 0.29) is 49.8 Å². The third-order valence-electron chi connectivity index (χ3n) is 4.05. The number of allylic oxidation sites excluding steroid dienone is 1. The van der Waals surface area contributed by atoms with Crippen molar-refractivity contribution in [2.24, 2.45) is 0 Å². The predicted molar refractivity (Wildman–Crippen MR) is 100 cm³/mol. The third-order valence-corrected chi connectivity index (χ3v) is 7.25. The number of methoxy groups -OCH3 is 1. The fraction of sp³-hybridized carbons (Fsp3) is 0.211. The van der Waals surface area contributed by atoms with Crippen LogP contribution in [-0.4, -0.2) is 21.2 Å². The van der Waals surface area contributed by atoms with E-state index in [0.29, 0.717) is 0 Å². The van der Waals surface area contributed by atoms with E-state index < -0.39 is 14.0 Å². The molecule has 2 rings (SSSR count). The summed E-state index contributed by atoms with van der Waals surface area (Å²) in [7, 11) is -0.326. The summed E-state index contributed by atoms with van der Waals surface area (Å²) in [5, 5.41) is 3.62. The Balaban J connectivity index is 0.00000288. The fourth-order valence-electron chi connectivity index (χ4n) is 2.83. The zero-order chi connectivity index (χ0) is 17.0. The summed E-state index contributed by atoms with van der Waals surface area (Å²) in [5.74, 6) is -0.625. The van der Waals surface area contributed by atoms with Crippen LogP contribution >= 0.6 is 0 Å². The molecule has 3 nitrogen and oxygen atoms in total. The number of ether oxygens (including phenoxy) is 1. The Labute approximate surface area is 180 Å². The van der Waals surface area contributed by atoms with E-state index in [4.69, 9.17) is 5.73 Å². The average molecular weight is 551 g/mol. The van der Waals surface area contributed by atoms with Gasteiger partial charge in [-0.25, -0.2) is 4.79 Å². The Hall–Kier alpha value is -0.892. The van der Waals surface area contributed by atoms with Crippen LogP contribution in [-0.2, 0) is 9.53 Å². The Kier molecular flexibility index (Phi) is 7.92. The van der Waals surface area contributed by atoms with Crippen molar-refractivity contribution in [2.75, 3.05) is 7.11 Å². The molecule has 0 unspecified atom stereocenters. The second-order valence-corrected chi connectivity index (χ2v) is 10.9. The first-order valence-electron chi connectivity index (χ1n) is 7.55. The number of hydrogen-bond acceptors (Lipinski definition) is 2. The maximum Gasteiger partial charge on any atom is 0.315 e. The van der Waals surface area contributed by atoms with E-state index in [1.54, 1.807) is 6.08 Å². The van der Waals surface area contributed by atoms with Gasteiger partial charge in [0.2, 0.25) is 0 Å². The van der Waals surface area contributed by atoms with Crippen molar-refractivity contribution >= 4 is 36.1 Å². The molecule has 0 bridgehead atoms. The molecule has 0 fully saturated rings. The van der Waals surface area contributed by atoms with Crippen LogP contribution in [0.15, 0.2) is 54.8 Å². The number of nitrogens with one attached hydrogen (secondary N) is 1. The van der Waals surface area contributed by atoms with Crippen LogP contribution in [0.25, 0.3) is 22.6 Å². The van der Waals surface area contributed by atoms with Gasteiger partial charge in [0.15, 0.2) is 0 Å². The van der Waals surface area contributed by atoms with Crippen molar-refractivity contribution in [3.63, 3.8) is 0 Å². The number of hydrogen-bond donors (Lipinski definition) is 0. The molecule has 0 heterocycles. The van der Waals surface area contributed by atoms with E-state index in [1.807, 2.05) is 30.3 Å². The quantitative estimate of drug-likeness (QED) is 0.238. The average Bonchev–Trinajstić information content (AvgIpc) is 2.54. The minimum Gasteiger partial charge on any atom is -0.693 e. The number of carbonyl (C=O) groups is 1. The van der Waals surface area contributed by atoms with Gasteiger partial charge in [-0.1, -0.05) is 72.5 Å². The van der Waals surface area contributed by atoms with E-state index in [9.17, 15) is 4.79 Å². The first-order chi connectivity index (χ1) is 10.9. The largest absolute Gasteiger partial charge is 0.693 e. The molecule has 0 saturated carbocycles. The van der Waals surface area contributed by atoms with Crippen LogP contribution in [0.5, 0.6) is 0 Å². The summed E-state index contributed by atoms with van der Waals surface area (Å²) in [5.41, 5.74) is 8.53. The van der Waals surface area contributed by atoms with Gasteiger partial charge in [-0.15, -0.1) is 6.58 Å². The SMILES string of the molecule is C=CC[Si](C)(C)c1ccc(/C=C(\[NH-])C(=O)OC)c2ccccc12.[Ac]. The van der Waals surface area contributed by atoms with Crippen LogP contribution in [0, 0.1) is 44.1 Å². The zero-order valence-electron chi connectivity index (χ0n) is 14.4. The second kappa shape index (κ2) is 8.99. The maximum atomic E-state index is 11.5. The molecule has 2 aromatic rings. The fourth-order valence-corrected chi connectivity index (χ4v) is 5.26. The minimum absolute atomic E-state index is 0. The number of carbonyl (C=O) groups excluding carboxylic acids is 1. The van der Waals surface area contributed by atoms with Gasteiger partial charge in [-0.05, 0) is 22.4 Å². The molecule has 0 aliphatic heterocycles. The van der Waals surface area contributed by atoms with Crippen molar-refractivity contribution in [1.82, 2.24) is 0 Å². The minimum atomic E-state index is -1.61. The molecule has 0 amide bonds. The molecule has 24 heavy (non-hydrogen) atoms. The van der Waals surface area contributed by atoms with Gasteiger partial charge in [0.05, 0.1) is 15.2 Å². The normalized spacial score (nSPS) is 11.7. The first kappa shape index (κ1) is 21.2. The summed E-state index contributed by atoms with van der Waals surface area (Å²) in [4.78, 5) is 11.5. The molecule has 0 saturated heterocycles. The van der Waals surface area contributed by atoms with Crippen molar-refractivity contribution < 1.29 is 53.6 Å². The Morgan fingerprint density at radius 2 is 1.83 bits per heavy atom. The Morgan fingerprint density at radius 3 is 2.42 bits per heavy atom. The zero-order valence-corrected chi connectivity index (χ0v) is 20.2. The summed E-state index contributed by atoms with van der Waals surface area (Å²) in [6.07, 6.45) is 3.56. The van der Waals surface area contributed by atoms with Gasteiger partial charge < -0.3 is 10.5 Å². The summed E-state index contributed by atoms with van der Waals surface area (Å²) in [6.45, 7) is 8.55. The van der Waals surface area contributed by atoms with Crippen LogP contribution in [0.2, 0.25) is 19.1 Å². The van der Waals surface area contributed by atoms with Crippen LogP contribution in [0.3, 0.4) is 0 Å².